The Hall–Kier alpha value is -2.56. The van der Waals surface area contributed by atoms with Crippen LogP contribution in [0.1, 0.15) is 35.5 Å². The van der Waals surface area contributed by atoms with Gasteiger partial charge in [-0.25, -0.2) is 9.78 Å². The van der Waals surface area contributed by atoms with E-state index in [4.69, 9.17) is 4.42 Å². The van der Waals surface area contributed by atoms with Crippen molar-refractivity contribution in [2.24, 2.45) is 0 Å². The molecular formula is C16H16N2O3. The van der Waals surface area contributed by atoms with E-state index in [1.807, 2.05) is 22.8 Å². The summed E-state index contributed by atoms with van der Waals surface area (Å²) in [5.41, 5.74) is 1.67. The molecule has 2 heterocycles. The summed E-state index contributed by atoms with van der Waals surface area (Å²) in [5.74, 6) is 0.00492. The van der Waals surface area contributed by atoms with E-state index in [0.717, 1.165) is 18.6 Å². The molecule has 5 heteroatoms. The Balaban J connectivity index is 1.90. The van der Waals surface area contributed by atoms with Gasteiger partial charge in [-0.05, 0) is 37.6 Å². The molecule has 1 atom stereocenters. The van der Waals surface area contributed by atoms with Crippen molar-refractivity contribution in [2.75, 3.05) is 0 Å². The smallest absolute Gasteiger partial charge is 0.337 e. The normalized spacial score (nSPS) is 12.6. The second kappa shape index (κ2) is 5.44. The summed E-state index contributed by atoms with van der Waals surface area (Å²) in [6.45, 7) is 2.06. The van der Waals surface area contributed by atoms with E-state index in [1.54, 1.807) is 24.7 Å². The molecule has 0 aliphatic heterocycles. The molecule has 0 bridgehead atoms. The van der Waals surface area contributed by atoms with E-state index in [9.17, 15) is 9.90 Å². The molecule has 3 rings (SSSR count). The van der Waals surface area contributed by atoms with Crippen LogP contribution in [0.4, 0.5) is 0 Å². The first-order chi connectivity index (χ1) is 10.2. The van der Waals surface area contributed by atoms with E-state index in [-0.39, 0.29) is 11.6 Å². The molecule has 3 aromatic rings. The van der Waals surface area contributed by atoms with Crippen molar-refractivity contribution < 1.29 is 14.3 Å². The van der Waals surface area contributed by atoms with Gasteiger partial charge in [0, 0.05) is 12.5 Å². The lowest BCUT2D eigenvalue weighted by atomic mass is 10.1. The van der Waals surface area contributed by atoms with Crippen molar-refractivity contribution in [2.45, 2.75) is 25.8 Å². The third-order valence-corrected chi connectivity index (χ3v) is 3.69. The summed E-state index contributed by atoms with van der Waals surface area (Å²) in [4.78, 5) is 15.7. The van der Waals surface area contributed by atoms with Crippen LogP contribution in [0.25, 0.3) is 11.0 Å². The number of carboxylic acid groups (broad SMARTS) is 1. The number of benzene rings is 1. The van der Waals surface area contributed by atoms with Crippen LogP contribution in [0.2, 0.25) is 0 Å². The highest BCUT2D eigenvalue weighted by Gasteiger charge is 2.16. The minimum Gasteiger partial charge on any atom is -0.478 e. The Kier molecular flexibility index (Phi) is 3.48. The number of aromatic carboxylic acids is 1. The third kappa shape index (κ3) is 2.54. The van der Waals surface area contributed by atoms with E-state index >= 15 is 0 Å². The fraction of sp³-hybridized carbons (Fsp3) is 0.250. The zero-order valence-electron chi connectivity index (χ0n) is 11.7. The van der Waals surface area contributed by atoms with Crippen molar-refractivity contribution >= 4 is 17.0 Å². The van der Waals surface area contributed by atoms with Gasteiger partial charge in [-0.2, -0.15) is 0 Å². The molecule has 0 amide bonds. The van der Waals surface area contributed by atoms with Gasteiger partial charge in [-0.15, -0.1) is 0 Å². The van der Waals surface area contributed by atoms with Gasteiger partial charge in [0.25, 0.3) is 0 Å². The monoisotopic (exact) mass is 284 g/mol. The van der Waals surface area contributed by atoms with Crippen LogP contribution in [0.5, 0.6) is 0 Å². The number of carbonyl (C=O) groups is 1. The zero-order chi connectivity index (χ0) is 14.8. The number of furan rings is 1. The highest BCUT2D eigenvalue weighted by Crippen LogP contribution is 2.24. The molecular weight excluding hydrogens is 268 g/mol. The number of para-hydroxylation sites is 1. The van der Waals surface area contributed by atoms with Crippen LogP contribution in [0, 0.1) is 0 Å². The average Bonchev–Trinajstić information content (AvgIpc) is 3.13. The summed E-state index contributed by atoms with van der Waals surface area (Å²) >= 11 is 0. The predicted octanol–water partition coefficient (Wildman–Crippen LogP) is 3.52. The van der Waals surface area contributed by atoms with Gasteiger partial charge in [-0.1, -0.05) is 6.07 Å². The van der Waals surface area contributed by atoms with Crippen LogP contribution in [-0.2, 0) is 6.42 Å². The molecule has 1 unspecified atom stereocenters. The molecule has 0 radical (unpaired) electrons. The van der Waals surface area contributed by atoms with Crippen LogP contribution >= 0.6 is 0 Å². The SMILES string of the molecule is CC(CCc1ccco1)n1cnc2cccc(C(=O)O)c21. The number of hydrogen-bond acceptors (Lipinski definition) is 3. The molecule has 2 aromatic heterocycles. The third-order valence-electron chi connectivity index (χ3n) is 3.69. The van der Waals surface area contributed by atoms with Crippen LogP contribution in [0.15, 0.2) is 47.3 Å². The van der Waals surface area contributed by atoms with E-state index < -0.39 is 5.97 Å². The first-order valence-electron chi connectivity index (χ1n) is 6.88. The number of imidazole rings is 1. The number of fused-ring (bicyclic) bond motifs is 1. The van der Waals surface area contributed by atoms with Gasteiger partial charge in [0.2, 0.25) is 0 Å². The highest BCUT2D eigenvalue weighted by molar-refractivity contribution is 6.01. The first kappa shape index (κ1) is 13.4. The fourth-order valence-electron chi connectivity index (χ4n) is 2.54. The second-order valence-electron chi connectivity index (χ2n) is 5.10. The standard InChI is InChI=1S/C16H16N2O3/c1-11(7-8-12-4-3-9-21-12)18-10-17-14-6-2-5-13(15(14)18)16(19)20/h2-6,9-11H,7-8H2,1H3,(H,19,20). The molecule has 1 N–H and O–H groups in total. The lowest BCUT2D eigenvalue weighted by molar-refractivity contribution is 0.0698. The maximum absolute atomic E-state index is 11.4. The van der Waals surface area contributed by atoms with Crippen LogP contribution in [-0.4, -0.2) is 20.6 Å². The predicted molar refractivity (Wildman–Crippen MR) is 78.4 cm³/mol. The number of carboxylic acids is 1. The molecule has 0 saturated heterocycles. The Morgan fingerprint density at radius 1 is 1.38 bits per heavy atom. The number of rotatable bonds is 5. The van der Waals surface area contributed by atoms with Crippen molar-refractivity contribution in [3.8, 4) is 0 Å². The zero-order valence-corrected chi connectivity index (χ0v) is 11.7. The molecule has 1 aromatic carbocycles. The summed E-state index contributed by atoms with van der Waals surface area (Å²) in [6, 6.07) is 9.12. The minimum atomic E-state index is -0.930. The molecule has 21 heavy (non-hydrogen) atoms. The van der Waals surface area contributed by atoms with E-state index in [2.05, 4.69) is 11.9 Å². The molecule has 0 aliphatic rings. The lowest BCUT2D eigenvalue weighted by Gasteiger charge is -2.14. The van der Waals surface area contributed by atoms with Gasteiger partial charge in [0.15, 0.2) is 0 Å². The molecule has 0 spiro atoms. The van der Waals surface area contributed by atoms with E-state index in [1.165, 1.54) is 0 Å². The van der Waals surface area contributed by atoms with E-state index in [0.29, 0.717) is 11.0 Å². The topological polar surface area (TPSA) is 68.3 Å². The second-order valence-corrected chi connectivity index (χ2v) is 5.10. The minimum absolute atomic E-state index is 0.139. The lowest BCUT2D eigenvalue weighted by Crippen LogP contribution is -2.08. The molecule has 0 saturated carbocycles. The fourth-order valence-corrected chi connectivity index (χ4v) is 2.54. The van der Waals surface area contributed by atoms with Gasteiger partial charge in [-0.3, -0.25) is 0 Å². The Morgan fingerprint density at radius 2 is 2.24 bits per heavy atom. The number of aryl methyl sites for hydroxylation is 1. The molecule has 5 nitrogen and oxygen atoms in total. The van der Waals surface area contributed by atoms with Crippen LogP contribution in [0.3, 0.4) is 0 Å². The molecule has 0 fully saturated rings. The van der Waals surface area contributed by atoms with Gasteiger partial charge in [0.05, 0.1) is 29.2 Å². The Labute approximate surface area is 121 Å². The van der Waals surface area contributed by atoms with Crippen molar-refractivity contribution in [3.63, 3.8) is 0 Å². The summed E-state index contributed by atoms with van der Waals surface area (Å²) in [5, 5.41) is 9.33. The van der Waals surface area contributed by atoms with Gasteiger partial charge >= 0.3 is 5.97 Å². The largest absolute Gasteiger partial charge is 0.478 e. The summed E-state index contributed by atoms with van der Waals surface area (Å²) in [7, 11) is 0. The quantitative estimate of drug-likeness (QED) is 0.778. The maximum atomic E-state index is 11.4. The van der Waals surface area contributed by atoms with Crippen LogP contribution < -0.4 is 0 Å². The number of hydrogen-bond donors (Lipinski definition) is 1. The Morgan fingerprint density at radius 3 is 2.95 bits per heavy atom. The summed E-state index contributed by atoms with van der Waals surface area (Å²) in [6.07, 6.45) is 5.04. The van der Waals surface area contributed by atoms with Crippen molar-refractivity contribution in [1.82, 2.24) is 9.55 Å². The number of aromatic nitrogens is 2. The van der Waals surface area contributed by atoms with Gasteiger partial charge < -0.3 is 14.1 Å². The summed E-state index contributed by atoms with van der Waals surface area (Å²) < 4.78 is 7.26. The average molecular weight is 284 g/mol. The first-order valence-corrected chi connectivity index (χ1v) is 6.88. The highest BCUT2D eigenvalue weighted by atomic mass is 16.4. The maximum Gasteiger partial charge on any atom is 0.337 e. The molecule has 108 valence electrons. The Bertz CT molecular complexity index is 759. The van der Waals surface area contributed by atoms with Crippen molar-refractivity contribution in [1.29, 1.82) is 0 Å². The van der Waals surface area contributed by atoms with Gasteiger partial charge in [0.1, 0.15) is 5.76 Å². The molecule has 0 aliphatic carbocycles. The number of nitrogens with zero attached hydrogens (tertiary/aromatic N) is 2. The van der Waals surface area contributed by atoms with Crippen molar-refractivity contribution in [3.05, 3.63) is 54.2 Å².